The Morgan fingerprint density at radius 1 is 1.15 bits per heavy atom. The Labute approximate surface area is 164 Å². The van der Waals surface area contributed by atoms with Crippen LogP contribution < -0.4 is 14.8 Å². The van der Waals surface area contributed by atoms with Gasteiger partial charge in [-0.3, -0.25) is 4.79 Å². The number of fused-ring (bicyclic) bond motifs is 1. The standard InChI is InChI=1S/C21H26N2O3S/c1-2-11-23(16-7-9-22-10-8-16)21(24)20-6-5-19(27-20)15-3-4-17-18(14-15)26-13-12-25-17/h3-6,14,16,22H,2,7-13H2,1H3. The lowest BCUT2D eigenvalue weighted by Gasteiger charge is -2.34. The Bertz CT molecular complexity index is 798. The summed E-state index contributed by atoms with van der Waals surface area (Å²) < 4.78 is 11.3. The van der Waals surface area contributed by atoms with Crippen LogP contribution in [0, 0.1) is 0 Å². The van der Waals surface area contributed by atoms with Crippen molar-refractivity contribution in [2.75, 3.05) is 32.8 Å². The van der Waals surface area contributed by atoms with Gasteiger partial charge in [0.15, 0.2) is 11.5 Å². The molecule has 27 heavy (non-hydrogen) atoms. The van der Waals surface area contributed by atoms with E-state index >= 15 is 0 Å². The highest BCUT2D eigenvalue weighted by atomic mass is 32.1. The van der Waals surface area contributed by atoms with Gasteiger partial charge in [0, 0.05) is 17.5 Å². The van der Waals surface area contributed by atoms with Crippen molar-refractivity contribution in [3.8, 4) is 21.9 Å². The molecular formula is C21H26N2O3S. The van der Waals surface area contributed by atoms with Crippen LogP contribution >= 0.6 is 11.3 Å². The summed E-state index contributed by atoms with van der Waals surface area (Å²) in [4.78, 5) is 17.2. The van der Waals surface area contributed by atoms with Gasteiger partial charge in [-0.05, 0) is 68.2 Å². The Morgan fingerprint density at radius 2 is 1.93 bits per heavy atom. The van der Waals surface area contributed by atoms with Gasteiger partial charge in [-0.15, -0.1) is 11.3 Å². The Balaban J connectivity index is 1.54. The molecule has 0 bridgehead atoms. The first kappa shape index (κ1) is 18.3. The second-order valence-corrected chi connectivity index (χ2v) is 8.09. The molecule has 2 aliphatic heterocycles. The number of benzene rings is 1. The lowest BCUT2D eigenvalue weighted by atomic mass is 10.0. The molecule has 2 aromatic rings. The van der Waals surface area contributed by atoms with Crippen LogP contribution in [0.3, 0.4) is 0 Å². The van der Waals surface area contributed by atoms with E-state index in [1.807, 2.05) is 30.3 Å². The zero-order valence-electron chi connectivity index (χ0n) is 15.7. The van der Waals surface area contributed by atoms with Crippen molar-refractivity contribution in [2.45, 2.75) is 32.2 Å². The molecular weight excluding hydrogens is 360 g/mol. The second kappa shape index (κ2) is 8.31. The highest BCUT2D eigenvalue weighted by Gasteiger charge is 2.26. The van der Waals surface area contributed by atoms with Gasteiger partial charge in [0.05, 0.1) is 4.88 Å². The van der Waals surface area contributed by atoms with Crippen LogP contribution in [0.25, 0.3) is 10.4 Å². The number of piperidine rings is 1. The van der Waals surface area contributed by atoms with Crippen molar-refractivity contribution in [3.05, 3.63) is 35.2 Å². The molecule has 0 unspecified atom stereocenters. The van der Waals surface area contributed by atoms with Crippen LogP contribution in [0.15, 0.2) is 30.3 Å². The predicted octanol–water partition coefficient (Wildman–Crippen LogP) is 3.79. The van der Waals surface area contributed by atoms with Crippen LogP contribution in [0.4, 0.5) is 0 Å². The molecule has 0 aliphatic carbocycles. The average Bonchev–Trinajstić information content (AvgIpc) is 3.22. The van der Waals surface area contributed by atoms with Gasteiger partial charge >= 0.3 is 0 Å². The summed E-state index contributed by atoms with van der Waals surface area (Å²) in [7, 11) is 0. The van der Waals surface area contributed by atoms with Gasteiger partial charge in [0.25, 0.3) is 5.91 Å². The Kier molecular flexibility index (Phi) is 5.64. The molecule has 5 nitrogen and oxygen atoms in total. The van der Waals surface area contributed by atoms with Crippen molar-refractivity contribution < 1.29 is 14.3 Å². The van der Waals surface area contributed by atoms with Crippen LogP contribution in [0.5, 0.6) is 11.5 Å². The number of hydrogen-bond acceptors (Lipinski definition) is 5. The summed E-state index contributed by atoms with van der Waals surface area (Å²) in [5.41, 5.74) is 1.06. The lowest BCUT2D eigenvalue weighted by molar-refractivity contribution is 0.0647. The van der Waals surface area contributed by atoms with E-state index in [0.29, 0.717) is 19.3 Å². The smallest absolute Gasteiger partial charge is 0.264 e. The first-order valence-corrected chi connectivity index (χ1v) is 10.6. The molecule has 0 saturated carbocycles. The highest BCUT2D eigenvalue weighted by molar-refractivity contribution is 7.17. The minimum atomic E-state index is 0.164. The Morgan fingerprint density at radius 3 is 2.70 bits per heavy atom. The number of ether oxygens (including phenoxy) is 2. The number of carbonyl (C=O) groups excluding carboxylic acids is 1. The summed E-state index contributed by atoms with van der Waals surface area (Å²) >= 11 is 1.56. The average molecular weight is 387 g/mol. The molecule has 144 valence electrons. The largest absolute Gasteiger partial charge is 0.486 e. The molecule has 4 rings (SSSR count). The van der Waals surface area contributed by atoms with Gasteiger partial charge < -0.3 is 19.7 Å². The van der Waals surface area contributed by atoms with Gasteiger partial charge in [0.2, 0.25) is 0 Å². The quantitative estimate of drug-likeness (QED) is 0.849. The maximum absolute atomic E-state index is 13.2. The van der Waals surface area contributed by atoms with Crippen LogP contribution in [-0.2, 0) is 0 Å². The SMILES string of the molecule is CCCN(C(=O)c1ccc(-c2ccc3c(c2)OCCO3)s1)C1CCNCC1. The number of rotatable bonds is 5. The van der Waals surface area contributed by atoms with E-state index in [1.54, 1.807) is 11.3 Å². The number of amides is 1. The lowest BCUT2D eigenvalue weighted by Crippen LogP contribution is -2.46. The number of thiophene rings is 1. The molecule has 1 aromatic heterocycles. The summed E-state index contributed by atoms with van der Waals surface area (Å²) in [6, 6.07) is 10.3. The monoisotopic (exact) mass is 386 g/mol. The fourth-order valence-corrected chi connectivity index (χ4v) is 4.71. The van der Waals surface area contributed by atoms with Gasteiger partial charge in [-0.25, -0.2) is 0 Å². The van der Waals surface area contributed by atoms with Crippen LogP contribution in [0.1, 0.15) is 35.9 Å². The first-order valence-electron chi connectivity index (χ1n) is 9.78. The molecule has 1 aromatic carbocycles. The predicted molar refractivity (Wildman–Crippen MR) is 108 cm³/mol. The maximum atomic E-state index is 13.2. The summed E-state index contributed by atoms with van der Waals surface area (Å²) in [6.45, 7) is 6.11. The maximum Gasteiger partial charge on any atom is 0.264 e. The van der Waals surface area contributed by atoms with E-state index in [1.165, 1.54) is 0 Å². The molecule has 1 amide bonds. The molecule has 1 N–H and O–H groups in total. The summed E-state index contributed by atoms with van der Waals surface area (Å²) in [5, 5.41) is 3.38. The van der Waals surface area contributed by atoms with E-state index in [-0.39, 0.29) is 5.91 Å². The van der Waals surface area contributed by atoms with Gasteiger partial charge in [-0.2, -0.15) is 0 Å². The molecule has 6 heteroatoms. The third-order valence-corrected chi connectivity index (χ3v) is 6.24. The number of nitrogens with one attached hydrogen (secondary N) is 1. The third-order valence-electron chi connectivity index (χ3n) is 5.12. The van der Waals surface area contributed by atoms with E-state index < -0.39 is 0 Å². The van der Waals surface area contributed by atoms with Crippen LogP contribution in [-0.4, -0.2) is 49.7 Å². The van der Waals surface area contributed by atoms with E-state index in [0.717, 1.165) is 65.7 Å². The number of carbonyl (C=O) groups is 1. The third kappa shape index (κ3) is 3.96. The molecule has 0 radical (unpaired) electrons. The summed E-state index contributed by atoms with van der Waals surface area (Å²) in [6.07, 6.45) is 3.05. The van der Waals surface area contributed by atoms with Crippen molar-refractivity contribution in [1.82, 2.24) is 10.2 Å². The molecule has 0 spiro atoms. The minimum Gasteiger partial charge on any atom is -0.486 e. The van der Waals surface area contributed by atoms with Gasteiger partial charge in [-0.1, -0.05) is 6.92 Å². The van der Waals surface area contributed by atoms with E-state index in [4.69, 9.17) is 9.47 Å². The molecule has 2 aliphatic rings. The molecule has 3 heterocycles. The zero-order valence-corrected chi connectivity index (χ0v) is 16.5. The van der Waals surface area contributed by atoms with Crippen molar-refractivity contribution in [2.24, 2.45) is 0 Å². The second-order valence-electron chi connectivity index (χ2n) is 7.00. The van der Waals surface area contributed by atoms with E-state index in [2.05, 4.69) is 17.1 Å². The van der Waals surface area contributed by atoms with Crippen molar-refractivity contribution in [1.29, 1.82) is 0 Å². The topological polar surface area (TPSA) is 50.8 Å². The summed E-state index contributed by atoms with van der Waals surface area (Å²) in [5.74, 6) is 1.73. The van der Waals surface area contributed by atoms with Crippen molar-refractivity contribution >= 4 is 17.2 Å². The van der Waals surface area contributed by atoms with Gasteiger partial charge in [0.1, 0.15) is 13.2 Å². The molecule has 1 saturated heterocycles. The number of hydrogen-bond donors (Lipinski definition) is 1. The zero-order chi connectivity index (χ0) is 18.6. The molecule has 1 fully saturated rings. The fraction of sp³-hybridized carbons (Fsp3) is 0.476. The van der Waals surface area contributed by atoms with Crippen LogP contribution in [0.2, 0.25) is 0 Å². The van der Waals surface area contributed by atoms with Crippen molar-refractivity contribution in [3.63, 3.8) is 0 Å². The fourth-order valence-electron chi connectivity index (χ4n) is 3.76. The minimum absolute atomic E-state index is 0.164. The Hall–Kier alpha value is -2.05. The van der Waals surface area contributed by atoms with E-state index in [9.17, 15) is 4.79 Å². The normalized spacial score (nSPS) is 16.9. The first-order chi connectivity index (χ1) is 13.3. The highest BCUT2D eigenvalue weighted by Crippen LogP contribution is 2.37. The number of nitrogens with zero attached hydrogens (tertiary/aromatic N) is 1. The molecule has 0 atom stereocenters.